The van der Waals surface area contributed by atoms with E-state index in [4.69, 9.17) is 9.05 Å². The van der Waals surface area contributed by atoms with Crippen molar-refractivity contribution in [1.29, 1.82) is 0 Å². The van der Waals surface area contributed by atoms with Gasteiger partial charge in [-0.25, -0.2) is 0 Å². The Balaban J connectivity index is 1.57. The average molecular weight is 377 g/mol. The first-order chi connectivity index (χ1) is 12.5. The molecule has 0 aromatic carbocycles. The van der Waals surface area contributed by atoms with E-state index in [1.165, 1.54) is 0 Å². The fraction of sp³-hybridized carbons (Fsp3) is 0.700. The normalized spacial score (nSPS) is 17.9. The maximum Gasteiger partial charge on any atom is 0.698 e. The van der Waals surface area contributed by atoms with Crippen molar-refractivity contribution >= 4 is 19.8 Å². The zero-order valence-electron chi connectivity index (χ0n) is 15.5. The topological polar surface area (TPSA) is 69.7 Å². The van der Waals surface area contributed by atoms with Crippen LogP contribution in [0, 0.1) is 47.4 Å². The van der Waals surface area contributed by atoms with Crippen LogP contribution in [0.4, 0.5) is 0 Å². The Morgan fingerprint density at radius 3 is 1.62 bits per heavy atom. The first-order valence-electron chi connectivity index (χ1n) is 9.21. The molecule has 0 spiro atoms. The van der Waals surface area contributed by atoms with Crippen molar-refractivity contribution in [3.63, 3.8) is 0 Å². The van der Waals surface area contributed by atoms with Crippen LogP contribution in [-0.2, 0) is 23.2 Å². The van der Waals surface area contributed by atoms with Crippen molar-refractivity contribution in [2.75, 3.05) is 13.2 Å². The molecule has 0 saturated heterocycles. The predicted molar refractivity (Wildman–Crippen MR) is 98.1 cm³/mol. The molecule has 2 aliphatic rings. The van der Waals surface area contributed by atoms with E-state index >= 15 is 0 Å². The Morgan fingerprint density at radius 2 is 1.27 bits per heavy atom. The van der Waals surface area contributed by atoms with Gasteiger partial charge in [0.1, 0.15) is 0 Å². The smallest absolute Gasteiger partial charge is 0.297 e. The van der Waals surface area contributed by atoms with Gasteiger partial charge < -0.3 is 0 Å². The molecule has 0 aromatic heterocycles. The molecule has 6 heteroatoms. The van der Waals surface area contributed by atoms with Gasteiger partial charge in [0.25, 0.3) is 0 Å². The lowest BCUT2D eigenvalue weighted by Gasteiger charge is -2.03. The molecule has 2 fully saturated rings. The molecule has 2 atom stereocenters. The van der Waals surface area contributed by atoms with Crippen molar-refractivity contribution in [3.8, 4) is 23.7 Å². The summed E-state index contributed by atoms with van der Waals surface area (Å²) in [7, 11) is -2.49. The summed E-state index contributed by atoms with van der Waals surface area (Å²) in [6.45, 7) is 2.96. The second-order valence-corrected chi connectivity index (χ2v) is 8.07. The maximum absolute atomic E-state index is 11.9. The molecule has 2 rings (SSSR count). The number of hydrogen-bond acceptors (Lipinski definition) is 5. The van der Waals surface area contributed by atoms with Crippen LogP contribution >= 0.6 is 8.25 Å². The molecule has 0 aliphatic heterocycles. The van der Waals surface area contributed by atoms with E-state index in [0.29, 0.717) is 24.7 Å². The highest BCUT2D eigenvalue weighted by Crippen LogP contribution is 2.28. The molecule has 0 N–H and O–H groups in total. The largest absolute Gasteiger partial charge is 0.698 e. The molecule has 0 heterocycles. The highest BCUT2D eigenvalue weighted by molar-refractivity contribution is 7.33. The third-order valence-electron chi connectivity index (χ3n) is 4.31. The number of carbonyl (C=O) groups excluding carboxylic acids is 2. The van der Waals surface area contributed by atoms with Crippen LogP contribution < -0.4 is 0 Å². The summed E-state index contributed by atoms with van der Waals surface area (Å²) in [5.41, 5.74) is 0. The lowest BCUT2D eigenvalue weighted by atomic mass is 10.0. The van der Waals surface area contributed by atoms with Crippen LogP contribution in [0.5, 0.6) is 0 Å². The van der Waals surface area contributed by atoms with E-state index in [1.54, 1.807) is 13.8 Å². The summed E-state index contributed by atoms with van der Waals surface area (Å²) in [5, 5.41) is 0. The SMILES string of the molecule is C[C@@H](CC#CC1CC1)C(=O)CO[P+](=O)OCC(=O)[C@@H](C)CC#CC1CC1. The molecule has 2 saturated carbocycles. The number of Topliss-reactive ketones (excluding diaryl/α,β-unsaturated/α-hetero) is 2. The van der Waals surface area contributed by atoms with Crippen LogP contribution in [0.1, 0.15) is 52.4 Å². The molecule has 0 radical (unpaired) electrons. The van der Waals surface area contributed by atoms with Gasteiger partial charge in [0.2, 0.25) is 0 Å². The summed E-state index contributed by atoms with van der Waals surface area (Å²) in [6.07, 6.45) is 5.57. The third-order valence-corrected chi connectivity index (χ3v) is 4.99. The molecule has 140 valence electrons. The second kappa shape index (κ2) is 10.6. The average Bonchev–Trinajstić information content (AvgIpc) is 3.52. The van der Waals surface area contributed by atoms with E-state index in [9.17, 15) is 14.2 Å². The lowest BCUT2D eigenvalue weighted by Crippen LogP contribution is -2.17. The van der Waals surface area contributed by atoms with Gasteiger partial charge in [-0.3, -0.25) is 9.59 Å². The Labute approximate surface area is 156 Å². The summed E-state index contributed by atoms with van der Waals surface area (Å²) in [6, 6.07) is 0. The molecular formula is C20H26O5P+. The summed E-state index contributed by atoms with van der Waals surface area (Å²) in [5.74, 6) is 12.4. The Bertz CT molecular complexity index is 599. The Morgan fingerprint density at radius 1 is 0.885 bits per heavy atom. The van der Waals surface area contributed by atoms with Gasteiger partial charge in [0.05, 0.1) is 0 Å². The van der Waals surface area contributed by atoms with E-state index in [2.05, 4.69) is 23.7 Å². The zero-order chi connectivity index (χ0) is 18.9. The van der Waals surface area contributed by atoms with Gasteiger partial charge in [-0.15, -0.1) is 20.9 Å². The first-order valence-corrected chi connectivity index (χ1v) is 10.3. The quantitative estimate of drug-likeness (QED) is 0.429. The van der Waals surface area contributed by atoms with Gasteiger partial charge in [-0.2, -0.15) is 0 Å². The van der Waals surface area contributed by atoms with Crippen molar-refractivity contribution < 1.29 is 23.2 Å². The minimum atomic E-state index is -2.49. The van der Waals surface area contributed by atoms with Crippen LogP contribution in [0.2, 0.25) is 0 Å². The van der Waals surface area contributed by atoms with Crippen LogP contribution in [0.15, 0.2) is 0 Å². The summed E-state index contributed by atoms with van der Waals surface area (Å²) >= 11 is 0. The van der Waals surface area contributed by atoms with Crippen molar-refractivity contribution in [2.45, 2.75) is 52.4 Å². The van der Waals surface area contributed by atoms with Crippen molar-refractivity contribution in [3.05, 3.63) is 0 Å². The van der Waals surface area contributed by atoms with Crippen LogP contribution in [-0.4, -0.2) is 24.8 Å². The third kappa shape index (κ3) is 8.72. The molecule has 0 amide bonds. The minimum absolute atomic E-state index is 0.169. The molecule has 2 aliphatic carbocycles. The van der Waals surface area contributed by atoms with Gasteiger partial charge in [-0.1, -0.05) is 25.7 Å². The van der Waals surface area contributed by atoms with Gasteiger partial charge in [0.15, 0.2) is 24.8 Å². The van der Waals surface area contributed by atoms with E-state index in [1.807, 2.05) is 0 Å². The first kappa shape index (κ1) is 20.8. The van der Waals surface area contributed by atoms with Crippen molar-refractivity contribution in [2.24, 2.45) is 23.7 Å². The molecule has 0 bridgehead atoms. The predicted octanol–water partition coefficient (Wildman–Crippen LogP) is 3.69. The number of carbonyl (C=O) groups is 2. The highest BCUT2D eigenvalue weighted by Gasteiger charge is 2.27. The van der Waals surface area contributed by atoms with Crippen molar-refractivity contribution in [1.82, 2.24) is 0 Å². The van der Waals surface area contributed by atoms with Crippen LogP contribution in [0.25, 0.3) is 0 Å². The lowest BCUT2D eigenvalue weighted by molar-refractivity contribution is -0.124. The molecule has 5 nitrogen and oxygen atoms in total. The second-order valence-electron chi connectivity index (χ2n) is 7.10. The maximum atomic E-state index is 11.9. The number of rotatable bonds is 10. The van der Waals surface area contributed by atoms with E-state index in [0.717, 1.165) is 25.7 Å². The molecule has 26 heavy (non-hydrogen) atoms. The number of hydrogen-bond donors (Lipinski definition) is 0. The monoisotopic (exact) mass is 377 g/mol. The standard InChI is InChI=1S/C20H26O5P/c1-15(5-3-7-17-9-10-17)19(21)13-24-26(23)25-14-20(22)16(2)6-4-8-18-11-12-18/h15-18H,5-6,9-14H2,1-2H3/q+1/t15-,16-/m0/s1. The molecular weight excluding hydrogens is 351 g/mol. The highest BCUT2D eigenvalue weighted by atomic mass is 31.1. The van der Waals surface area contributed by atoms with E-state index in [-0.39, 0.29) is 36.6 Å². The summed E-state index contributed by atoms with van der Waals surface area (Å²) < 4.78 is 21.5. The molecule has 0 unspecified atom stereocenters. The van der Waals surface area contributed by atoms with E-state index < -0.39 is 8.25 Å². The Hall–Kier alpha value is -1.52. The zero-order valence-corrected chi connectivity index (χ0v) is 16.3. The van der Waals surface area contributed by atoms with Gasteiger partial charge in [0, 0.05) is 41.1 Å². The fourth-order valence-electron chi connectivity index (χ4n) is 1.95. The van der Waals surface area contributed by atoms with Gasteiger partial charge >= 0.3 is 8.25 Å². The summed E-state index contributed by atoms with van der Waals surface area (Å²) in [4.78, 5) is 23.8. The fourth-order valence-corrected chi connectivity index (χ4v) is 2.49. The number of ketones is 2. The molecule has 0 aromatic rings. The van der Waals surface area contributed by atoms with Crippen LogP contribution in [0.3, 0.4) is 0 Å². The van der Waals surface area contributed by atoms with Gasteiger partial charge in [-0.05, 0) is 25.7 Å². The Kier molecular flexibility index (Phi) is 8.46. The minimum Gasteiger partial charge on any atom is -0.297 e.